The van der Waals surface area contributed by atoms with E-state index in [0.717, 1.165) is 16.6 Å². The van der Waals surface area contributed by atoms with Crippen LogP contribution in [0.2, 0.25) is 0 Å². The number of nitrogens with one attached hydrogen (secondary N) is 1. The van der Waals surface area contributed by atoms with Crippen LogP contribution in [0, 0.1) is 5.92 Å². The third-order valence-electron chi connectivity index (χ3n) is 2.76. The minimum Gasteiger partial charge on any atom is -0.381 e. The van der Waals surface area contributed by atoms with Crippen LogP contribution in [0.4, 0.5) is 5.69 Å². The molecule has 0 aliphatic rings. The molecule has 2 atom stereocenters. The maximum atomic E-state index is 5.76. The highest BCUT2D eigenvalue weighted by molar-refractivity contribution is 9.10. The molecular weight excluding hydrogens is 252 g/mol. The monoisotopic (exact) mass is 270 g/mol. The van der Waals surface area contributed by atoms with E-state index < -0.39 is 0 Å². The molecule has 0 fully saturated rings. The normalized spacial score (nSPS) is 14.7. The van der Waals surface area contributed by atoms with Crippen molar-refractivity contribution in [3.8, 4) is 0 Å². The third kappa shape index (κ3) is 3.84. The molecule has 0 aromatic heterocycles. The van der Waals surface area contributed by atoms with Crippen LogP contribution in [0.15, 0.2) is 28.7 Å². The first-order valence-corrected chi connectivity index (χ1v) is 6.18. The van der Waals surface area contributed by atoms with Gasteiger partial charge in [-0.15, -0.1) is 0 Å². The predicted octanol–water partition coefficient (Wildman–Crippen LogP) is 3.23. The maximum absolute atomic E-state index is 5.76. The fourth-order valence-electron chi connectivity index (χ4n) is 1.51. The third-order valence-corrected chi connectivity index (χ3v) is 3.25. The van der Waals surface area contributed by atoms with Crippen molar-refractivity contribution in [2.24, 2.45) is 11.7 Å². The van der Waals surface area contributed by atoms with Crippen molar-refractivity contribution in [2.45, 2.75) is 26.3 Å². The van der Waals surface area contributed by atoms with E-state index in [0.29, 0.717) is 18.5 Å². The molecule has 3 heteroatoms. The van der Waals surface area contributed by atoms with E-state index in [4.69, 9.17) is 5.73 Å². The van der Waals surface area contributed by atoms with Crippen molar-refractivity contribution in [3.05, 3.63) is 28.7 Å². The second kappa shape index (κ2) is 6.13. The highest BCUT2D eigenvalue weighted by Gasteiger charge is 2.13. The summed E-state index contributed by atoms with van der Waals surface area (Å²) in [6, 6.07) is 8.54. The van der Waals surface area contributed by atoms with Gasteiger partial charge in [-0.2, -0.15) is 0 Å². The first-order valence-electron chi connectivity index (χ1n) is 5.39. The van der Waals surface area contributed by atoms with Gasteiger partial charge in [-0.25, -0.2) is 0 Å². The Kier molecular flexibility index (Phi) is 5.12. The van der Waals surface area contributed by atoms with E-state index in [1.165, 1.54) is 0 Å². The van der Waals surface area contributed by atoms with E-state index in [-0.39, 0.29) is 0 Å². The Morgan fingerprint density at radius 2 is 2.20 bits per heavy atom. The molecule has 2 unspecified atom stereocenters. The Hall–Kier alpha value is -0.540. The Morgan fingerprint density at radius 1 is 1.47 bits per heavy atom. The van der Waals surface area contributed by atoms with Gasteiger partial charge in [-0.1, -0.05) is 42.3 Å². The topological polar surface area (TPSA) is 38.0 Å². The fourth-order valence-corrected chi connectivity index (χ4v) is 1.91. The standard InChI is InChI=1S/C12H19BrN2/c1-3-9(2)12(8-14)15-11-6-4-5-10(13)7-11/h4-7,9,12,15H,3,8,14H2,1-2H3. The molecule has 0 saturated carbocycles. The summed E-state index contributed by atoms with van der Waals surface area (Å²) in [6.45, 7) is 5.08. The molecule has 1 aromatic carbocycles. The summed E-state index contributed by atoms with van der Waals surface area (Å²) in [7, 11) is 0. The molecule has 0 saturated heterocycles. The van der Waals surface area contributed by atoms with Crippen molar-refractivity contribution < 1.29 is 0 Å². The summed E-state index contributed by atoms with van der Waals surface area (Å²) >= 11 is 3.46. The van der Waals surface area contributed by atoms with Gasteiger partial charge in [0.1, 0.15) is 0 Å². The van der Waals surface area contributed by atoms with Gasteiger partial charge in [0.15, 0.2) is 0 Å². The molecule has 15 heavy (non-hydrogen) atoms. The van der Waals surface area contributed by atoms with E-state index >= 15 is 0 Å². The van der Waals surface area contributed by atoms with Crippen molar-refractivity contribution in [3.63, 3.8) is 0 Å². The first-order chi connectivity index (χ1) is 7.17. The number of rotatable bonds is 5. The lowest BCUT2D eigenvalue weighted by Crippen LogP contribution is -2.34. The minimum atomic E-state index is 0.351. The summed E-state index contributed by atoms with van der Waals surface area (Å²) in [4.78, 5) is 0. The number of nitrogens with two attached hydrogens (primary N) is 1. The zero-order valence-corrected chi connectivity index (χ0v) is 10.9. The molecule has 0 spiro atoms. The van der Waals surface area contributed by atoms with Crippen molar-refractivity contribution in [1.29, 1.82) is 0 Å². The number of anilines is 1. The highest BCUT2D eigenvalue weighted by atomic mass is 79.9. The van der Waals surface area contributed by atoms with Gasteiger partial charge < -0.3 is 11.1 Å². The Bertz CT molecular complexity index is 301. The lowest BCUT2D eigenvalue weighted by molar-refractivity contribution is 0.474. The molecule has 1 aromatic rings. The lowest BCUT2D eigenvalue weighted by atomic mass is 9.99. The predicted molar refractivity (Wildman–Crippen MR) is 70.1 cm³/mol. The molecule has 0 radical (unpaired) electrons. The van der Waals surface area contributed by atoms with Gasteiger partial charge in [0.2, 0.25) is 0 Å². The Balaban J connectivity index is 2.66. The Labute approximate surface area is 100 Å². The SMILES string of the molecule is CCC(C)C(CN)Nc1cccc(Br)c1. The first kappa shape index (κ1) is 12.5. The van der Waals surface area contributed by atoms with E-state index in [1.807, 2.05) is 12.1 Å². The average Bonchev–Trinajstić information content (AvgIpc) is 2.25. The van der Waals surface area contributed by atoms with Crippen LogP contribution in [0.1, 0.15) is 20.3 Å². The Morgan fingerprint density at radius 3 is 2.73 bits per heavy atom. The quantitative estimate of drug-likeness (QED) is 0.862. The number of benzene rings is 1. The molecule has 0 aliphatic heterocycles. The number of hydrogen-bond donors (Lipinski definition) is 2. The van der Waals surface area contributed by atoms with E-state index in [2.05, 4.69) is 47.2 Å². The van der Waals surface area contributed by atoms with E-state index in [1.54, 1.807) is 0 Å². The summed E-state index contributed by atoms with van der Waals surface area (Å²) < 4.78 is 1.09. The summed E-state index contributed by atoms with van der Waals surface area (Å²) in [5.74, 6) is 0.592. The molecule has 0 amide bonds. The van der Waals surface area contributed by atoms with Gasteiger partial charge in [0.05, 0.1) is 0 Å². The van der Waals surface area contributed by atoms with Crippen molar-refractivity contribution in [2.75, 3.05) is 11.9 Å². The van der Waals surface area contributed by atoms with Gasteiger partial charge in [0, 0.05) is 22.7 Å². The second-order valence-corrected chi connectivity index (χ2v) is 4.80. The minimum absolute atomic E-state index is 0.351. The van der Waals surface area contributed by atoms with Crippen molar-refractivity contribution >= 4 is 21.6 Å². The van der Waals surface area contributed by atoms with Crippen LogP contribution >= 0.6 is 15.9 Å². The molecule has 0 aliphatic carbocycles. The largest absolute Gasteiger partial charge is 0.381 e. The zero-order chi connectivity index (χ0) is 11.3. The lowest BCUT2D eigenvalue weighted by Gasteiger charge is -2.23. The second-order valence-electron chi connectivity index (χ2n) is 3.88. The summed E-state index contributed by atoms with van der Waals surface area (Å²) in [5, 5.41) is 3.47. The van der Waals surface area contributed by atoms with Gasteiger partial charge in [-0.05, 0) is 24.1 Å². The van der Waals surface area contributed by atoms with Crippen molar-refractivity contribution in [1.82, 2.24) is 0 Å². The molecule has 1 rings (SSSR count). The van der Waals surface area contributed by atoms with Crippen LogP contribution in [-0.2, 0) is 0 Å². The smallest absolute Gasteiger partial charge is 0.0409 e. The van der Waals surface area contributed by atoms with Crippen LogP contribution in [-0.4, -0.2) is 12.6 Å². The van der Waals surface area contributed by atoms with Crippen LogP contribution in [0.3, 0.4) is 0 Å². The number of halogens is 1. The van der Waals surface area contributed by atoms with Gasteiger partial charge in [-0.3, -0.25) is 0 Å². The maximum Gasteiger partial charge on any atom is 0.0409 e. The van der Waals surface area contributed by atoms with Gasteiger partial charge in [0.25, 0.3) is 0 Å². The molecule has 0 heterocycles. The van der Waals surface area contributed by atoms with E-state index in [9.17, 15) is 0 Å². The molecule has 0 bridgehead atoms. The molecule has 2 nitrogen and oxygen atoms in total. The van der Waals surface area contributed by atoms with Crippen LogP contribution in [0.25, 0.3) is 0 Å². The summed E-state index contributed by atoms with van der Waals surface area (Å²) in [6.07, 6.45) is 1.14. The fraction of sp³-hybridized carbons (Fsp3) is 0.500. The summed E-state index contributed by atoms with van der Waals surface area (Å²) in [5.41, 5.74) is 6.89. The molecular formula is C12H19BrN2. The zero-order valence-electron chi connectivity index (χ0n) is 9.33. The molecule has 3 N–H and O–H groups in total. The number of hydrogen-bond acceptors (Lipinski definition) is 2. The van der Waals surface area contributed by atoms with Crippen LogP contribution in [0.5, 0.6) is 0 Å². The van der Waals surface area contributed by atoms with Gasteiger partial charge >= 0.3 is 0 Å². The highest BCUT2D eigenvalue weighted by Crippen LogP contribution is 2.18. The molecule has 84 valence electrons. The van der Waals surface area contributed by atoms with Crippen LogP contribution < -0.4 is 11.1 Å². The average molecular weight is 271 g/mol.